The monoisotopic (exact) mass is 508 g/mol. The first kappa shape index (κ1) is 24.8. The number of aliphatic hydroxyl groups is 1. The largest absolute Gasteiger partial charge is 0.507 e. The Morgan fingerprint density at radius 3 is 2.32 bits per heavy atom. The minimum absolute atomic E-state index is 0.0190. The maximum absolute atomic E-state index is 13.3. The van der Waals surface area contributed by atoms with Gasteiger partial charge in [0.25, 0.3) is 11.7 Å². The molecule has 0 spiro atoms. The van der Waals surface area contributed by atoms with E-state index in [2.05, 4.69) is 4.90 Å². The highest BCUT2D eigenvalue weighted by Crippen LogP contribution is 2.41. The number of ketones is 1. The molecular formula is C27H28N2O8. The van der Waals surface area contributed by atoms with Crippen LogP contribution in [0.2, 0.25) is 0 Å². The van der Waals surface area contributed by atoms with Crippen molar-refractivity contribution in [2.75, 3.05) is 59.7 Å². The van der Waals surface area contributed by atoms with Crippen LogP contribution in [0.15, 0.2) is 48.0 Å². The molecule has 0 bridgehead atoms. The Morgan fingerprint density at radius 2 is 1.62 bits per heavy atom. The normalized spacial score (nSPS) is 21.2. The molecule has 2 aromatic carbocycles. The number of nitrogens with zero attached hydrogens (tertiary/aromatic N) is 2. The van der Waals surface area contributed by atoms with Crippen molar-refractivity contribution in [3.05, 3.63) is 64.7 Å². The SMILES string of the molecule is COC(=O)c1ccc([C@@H]2C(=C(O)c3ccc4c(c3)OCCO4)C(=O)C(=O)N2CCN2CCOCC2)cc1. The number of methoxy groups -OCH3 is 1. The molecule has 3 aliphatic heterocycles. The van der Waals surface area contributed by atoms with E-state index in [1.807, 2.05) is 0 Å². The molecular weight excluding hydrogens is 480 g/mol. The standard InChI is InChI=1S/C27H28N2O8/c1-34-27(33)18-4-2-17(3-5-18)23-22(24(30)19-6-7-20-21(16-19)37-15-14-36-20)25(31)26(32)29(23)9-8-28-10-12-35-13-11-28/h2-7,16,23,30H,8-15H2,1H3/t23-/m1/s1. The van der Waals surface area contributed by atoms with Crippen LogP contribution in [-0.2, 0) is 19.1 Å². The first-order chi connectivity index (χ1) is 18.0. The molecule has 3 heterocycles. The van der Waals surface area contributed by atoms with Gasteiger partial charge in [-0.25, -0.2) is 4.79 Å². The quantitative estimate of drug-likeness (QED) is 0.271. The van der Waals surface area contributed by atoms with E-state index < -0.39 is 23.7 Å². The number of amides is 1. The molecule has 0 saturated carbocycles. The molecule has 1 amide bonds. The summed E-state index contributed by atoms with van der Waals surface area (Å²) in [5.41, 5.74) is 1.25. The highest BCUT2D eigenvalue weighted by molar-refractivity contribution is 6.46. The van der Waals surface area contributed by atoms with E-state index in [0.29, 0.717) is 61.2 Å². The molecule has 37 heavy (non-hydrogen) atoms. The second-order valence-corrected chi connectivity index (χ2v) is 8.92. The Balaban J connectivity index is 1.53. The zero-order chi connectivity index (χ0) is 25.9. The molecule has 0 radical (unpaired) electrons. The molecule has 5 rings (SSSR count). The Hall–Kier alpha value is -3.89. The number of likely N-dealkylation sites (tertiary alicyclic amines) is 1. The van der Waals surface area contributed by atoms with Gasteiger partial charge in [-0.05, 0) is 35.9 Å². The first-order valence-corrected chi connectivity index (χ1v) is 12.1. The number of hydrogen-bond donors (Lipinski definition) is 1. The summed E-state index contributed by atoms with van der Waals surface area (Å²) < 4.78 is 21.4. The summed E-state index contributed by atoms with van der Waals surface area (Å²) in [5.74, 6) is -1.25. The van der Waals surface area contributed by atoms with Gasteiger partial charge in [-0.2, -0.15) is 0 Å². The summed E-state index contributed by atoms with van der Waals surface area (Å²) in [6.45, 7) is 4.33. The number of morpholine rings is 1. The number of esters is 1. The summed E-state index contributed by atoms with van der Waals surface area (Å²) >= 11 is 0. The fourth-order valence-electron chi connectivity index (χ4n) is 4.80. The van der Waals surface area contributed by atoms with E-state index in [1.165, 1.54) is 12.0 Å². The lowest BCUT2D eigenvalue weighted by atomic mass is 9.94. The van der Waals surface area contributed by atoms with Gasteiger partial charge in [0.15, 0.2) is 11.5 Å². The average Bonchev–Trinajstić information content (AvgIpc) is 3.20. The van der Waals surface area contributed by atoms with Gasteiger partial charge in [0.05, 0.1) is 37.5 Å². The molecule has 1 atom stereocenters. The average molecular weight is 509 g/mol. The Kier molecular flexibility index (Phi) is 7.11. The van der Waals surface area contributed by atoms with E-state index in [4.69, 9.17) is 18.9 Å². The van der Waals surface area contributed by atoms with Crippen molar-refractivity contribution < 1.29 is 38.4 Å². The second-order valence-electron chi connectivity index (χ2n) is 8.92. The van der Waals surface area contributed by atoms with Crippen molar-refractivity contribution in [3.8, 4) is 11.5 Å². The molecule has 0 aromatic heterocycles. The highest BCUT2D eigenvalue weighted by atomic mass is 16.6. The third kappa shape index (κ3) is 4.90. The predicted octanol–water partition coefficient (Wildman–Crippen LogP) is 2.00. The fourth-order valence-corrected chi connectivity index (χ4v) is 4.80. The summed E-state index contributed by atoms with van der Waals surface area (Å²) in [5, 5.41) is 11.3. The summed E-state index contributed by atoms with van der Waals surface area (Å²) in [7, 11) is 1.30. The third-order valence-electron chi connectivity index (χ3n) is 6.76. The van der Waals surface area contributed by atoms with Gasteiger partial charge >= 0.3 is 5.97 Å². The van der Waals surface area contributed by atoms with Crippen LogP contribution in [-0.4, -0.2) is 92.3 Å². The van der Waals surface area contributed by atoms with Crippen LogP contribution < -0.4 is 9.47 Å². The van der Waals surface area contributed by atoms with Gasteiger partial charge in [-0.1, -0.05) is 12.1 Å². The molecule has 194 valence electrons. The zero-order valence-electron chi connectivity index (χ0n) is 20.5. The minimum Gasteiger partial charge on any atom is -0.507 e. The van der Waals surface area contributed by atoms with Crippen molar-refractivity contribution in [2.45, 2.75) is 6.04 Å². The highest BCUT2D eigenvalue weighted by Gasteiger charge is 2.46. The van der Waals surface area contributed by atoms with E-state index >= 15 is 0 Å². The molecule has 10 nitrogen and oxygen atoms in total. The fraction of sp³-hybridized carbons (Fsp3) is 0.370. The van der Waals surface area contributed by atoms with Crippen LogP contribution in [0.5, 0.6) is 11.5 Å². The lowest BCUT2D eigenvalue weighted by Crippen LogP contribution is -2.42. The Morgan fingerprint density at radius 1 is 0.946 bits per heavy atom. The van der Waals surface area contributed by atoms with E-state index in [0.717, 1.165) is 13.1 Å². The van der Waals surface area contributed by atoms with Gasteiger partial charge < -0.3 is 29.0 Å². The van der Waals surface area contributed by atoms with Gasteiger partial charge in [0.1, 0.15) is 19.0 Å². The molecule has 0 aliphatic carbocycles. The molecule has 3 aliphatic rings. The van der Waals surface area contributed by atoms with Crippen LogP contribution in [0, 0.1) is 0 Å². The van der Waals surface area contributed by atoms with Gasteiger partial charge in [-0.3, -0.25) is 14.5 Å². The summed E-state index contributed by atoms with van der Waals surface area (Å²) in [6.07, 6.45) is 0. The van der Waals surface area contributed by atoms with Gasteiger partial charge in [0.2, 0.25) is 0 Å². The number of carbonyl (C=O) groups excluding carboxylic acids is 3. The van der Waals surface area contributed by atoms with Crippen molar-refractivity contribution >= 4 is 23.4 Å². The lowest BCUT2D eigenvalue weighted by Gasteiger charge is -2.31. The van der Waals surface area contributed by atoms with Crippen molar-refractivity contribution in [3.63, 3.8) is 0 Å². The number of Topliss-reactive ketones (excluding diaryl/α,β-unsaturated/α-hetero) is 1. The number of aliphatic hydroxyl groups excluding tert-OH is 1. The topological polar surface area (TPSA) is 115 Å². The number of carbonyl (C=O) groups is 3. The predicted molar refractivity (Wildman–Crippen MR) is 131 cm³/mol. The summed E-state index contributed by atoms with van der Waals surface area (Å²) in [6, 6.07) is 10.5. The Labute approximate surface area is 214 Å². The van der Waals surface area contributed by atoms with Crippen LogP contribution in [0.1, 0.15) is 27.5 Å². The van der Waals surface area contributed by atoms with Gasteiger partial charge in [0, 0.05) is 31.7 Å². The number of hydrogen-bond acceptors (Lipinski definition) is 9. The van der Waals surface area contributed by atoms with Crippen molar-refractivity contribution in [2.24, 2.45) is 0 Å². The molecule has 10 heteroatoms. The van der Waals surface area contributed by atoms with Crippen LogP contribution in [0.25, 0.3) is 5.76 Å². The number of fused-ring (bicyclic) bond motifs is 1. The first-order valence-electron chi connectivity index (χ1n) is 12.1. The number of rotatable bonds is 6. The minimum atomic E-state index is -0.832. The van der Waals surface area contributed by atoms with E-state index in [1.54, 1.807) is 42.5 Å². The lowest BCUT2D eigenvalue weighted by molar-refractivity contribution is -0.140. The van der Waals surface area contributed by atoms with Crippen LogP contribution in [0.3, 0.4) is 0 Å². The number of benzene rings is 2. The maximum atomic E-state index is 13.3. The molecule has 2 aromatic rings. The molecule has 2 saturated heterocycles. The Bertz CT molecular complexity index is 1230. The zero-order valence-corrected chi connectivity index (χ0v) is 20.5. The smallest absolute Gasteiger partial charge is 0.337 e. The van der Waals surface area contributed by atoms with Crippen molar-refractivity contribution in [1.29, 1.82) is 0 Å². The summed E-state index contributed by atoms with van der Waals surface area (Å²) in [4.78, 5) is 42.1. The second kappa shape index (κ2) is 10.6. The third-order valence-corrected chi connectivity index (χ3v) is 6.76. The van der Waals surface area contributed by atoms with Crippen molar-refractivity contribution in [1.82, 2.24) is 9.80 Å². The van der Waals surface area contributed by atoms with Crippen LogP contribution in [0.4, 0.5) is 0 Å². The molecule has 0 unspecified atom stereocenters. The maximum Gasteiger partial charge on any atom is 0.337 e. The molecule has 2 fully saturated rings. The van der Waals surface area contributed by atoms with Crippen LogP contribution >= 0.6 is 0 Å². The van der Waals surface area contributed by atoms with E-state index in [9.17, 15) is 19.5 Å². The molecule has 1 N–H and O–H groups in total. The van der Waals surface area contributed by atoms with E-state index in [-0.39, 0.29) is 17.9 Å². The number of ether oxygens (including phenoxy) is 4. The van der Waals surface area contributed by atoms with Gasteiger partial charge in [-0.15, -0.1) is 0 Å².